The van der Waals surface area contributed by atoms with Crippen LogP contribution in [0.3, 0.4) is 0 Å². The molecule has 31 heavy (non-hydrogen) atoms. The molecule has 1 aliphatic rings. The number of para-hydroxylation sites is 1. The van der Waals surface area contributed by atoms with E-state index in [2.05, 4.69) is 9.88 Å². The normalized spacial score (nSPS) is 15.8. The molecule has 10 heteroatoms. The van der Waals surface area contributed by atoms with Crippen LogP contribution in [0.25, 0.3) is 10.2 Å². The number of nitrogens with zero attached hydrogens (tertiary/aromatic N) is 2. The summed E-state index contributed by atoms with van der Waals surface area (Å²) in [7, 11) is -4.49. The summed E-state index contributed by atoms with van der Waals surface area (Å²) >= 11 is 1.51. The third kappa shape index (κ3) is 6.01. The number of amides is 1. The number of nitrogens with one attached hydrogen (secondary N) is 1. The maximum Gasteiger partial charge on any atom is 0.359 e. The minimum atomic E-state index is -4.49. The number of likely N-dealkylation sites (tertiary alicyclic amines) is 1. The molecule has 0 aliphatic carbocycles. The second-order valence-electron chi connectivity index (χ2n) is 7.50. The van der Waals surface area contributed by atoms with Gasteiger partial charge in [0, 0.05) is 12.5 Å². The van der Waals surface area contributed by atoms with Gasteiger partial charge >= 0.3 is 10.3 Å². The molecule has 0 bridgehead atoms. The van der Waals surface area contributed by atoms with Gasteiger partial charge in [0.2, 0.25) is 5.91 Å². The molecule has 0 atom stereocenters. The Labute approximate surface area is 184 Å². The van der Waals surface area contributed by atoms with E-state index in [4.69, 9.17) is 9.29 Å². The van der Waals surface area contributed by atoms with Gasteiger partial charge < -0.3 is 9.64 Å². The fourth-order valence-electron chi connectivity index (χ4n) is 3.64. The van der Waals surface area contributed by atoms with Crippen molar-refractivity contribution >= 4 is 37.8 Å². The zero-order chi connectivity index (χ0) is 21.8. The number of thiazole rings is 1. The van der Waals surface area contributed by atoms with Crippen molar-refractivity contribution in [1.29, 1.82) is 0 Å². The summed E-state index contributed by atoms with van der Waals surface area (Å²) in [4.78, 5) is 18.6. The summed E-state index contributed by atoms with van der Waals surface area (Å²) in [6.07, 6.45) is 2.00. The van der Waals surface area contributed by atoms with Gasteiger partial charge in [0.15, 0.2) is 0 Å². The molecule has 0 spiro atoms. The van der Waals surface area contributed by atoms with Crippen molar-refractivity contribution in [3.05, 3.63) is 54.1 Å². The summed E-state index contributed by atoms with van der Waals surface area (Å²) in [6, 6.07) is 15.9. The van der Waals surface area contributed by atoms with Gasteiger partial charge in [-0.05, 0) is 62.2 Å². The Morgan fingerprint density at radius 1 is 1.16 bits per heavy atom. The second-order valence-corrected chi connectivity index (χ2v) is 9.65. The van der Waals surface area contributed by atoms with E-state index in [1.807, 2.05) is 48.5 Å². The highest BCUT2D eigenvalue weighted by Crippen LogP contribution is 2.31. The lowest BCUT2D eigenvalue weighted by Crippen LogP contribution is -2.42. The maximum atomic E-state index is 11.8. The van der Waals surface area contributed by atoms with Crippen LogP contribution < -0.4 is 9.46 Å². The van der Waals surface area contributed by atoms with Crippen LogP contribution in [0.2, 0.25) is 0 Å². The smallest absolute Gasteiger partial charge is 0.359 e. The Morgan fingerprint density at radius 3 is 2.55 bits per heavy atom. The molecule has 0 radical (unpaired) electrons. The number of fused-ring (bicyclic) bond motifs is 1. The number of ether oxygens (including phenoxy) is 1. The maximum absolute atomic E-state index is 11.8. The Morgan fingerprint density at radius 2 is 1.87 bits per heavy atom. The van der Waals surface area contributed by atoms with Crippen molar-refractivity contribution in [2.75, 3.05) is 19.6 Å². The summed E-state index contributed by atoms with van der Waals surface area (Å²) in [5.41, 5.74) is 2.11. The molecule has 3 aromatic rings. The number of carbonyl (C=O) groups is 1. The molecular formula is C21H23N3O5S2. The minimum Gasteiger partial charge on any atom is -0.431 e. The van der Waals surface area contributed by atoms with E-state index >= 15 is 0 Å². The summed E-state index contributed by atoms with van der Waals surface area (Å²) in [5, 5.41) is 0.620. The lowest BCUT2D eigenvalue weighted by atomic mass is 9.96. The molecule has 4 rings (SSSR count). The zero-order valence-corrected chi connectivity index (χ0v) is 18.4. The quantitative estimate of drug-likeness (QED) is 0.520. The van der Waals surface area contributed by atoms with Crippen LogP contribution in [-0.2, 0) is 21.5 Å². The molecule has 2 N–H and O–H groups in total. The summed E-state index contributed by atoms with van der Waals surface area (Å²) in [6.45, 7) is 2.27. The first-order chi connectivity index (χ1) is 14.9. The average molecular weight is 462 g/mol. The van der Waals surface area contributed by atoms with Crippen molar-refractivity contribution in [3.63, 3.8) is 0 Å². The Kier molecular flexibility index (Phi) is 6.51. The predicted molar refractivity (Wildman–Crippen MR) is 119 cm³/mol. The lowest BCUT2D eigenvalue weighted by Gasteiger charge is -2.30. The molecular weight excluding hydrogens is 438 g/mol. The summed E-state index contributed by atoms with van der Waals surface area (Å²) < 4.78 is 38.9. The van der Waals surface area contributed by atoms with E-state index in [0.29, 0.717) is 31.1 Å². The van der Waals surface area contributed by atoms with Gasteiger partial charge in [0.25, 0.3) is 5.19 Å². The van der Waals surface area contributed by atoms with Gasteiger partial charge in [-0.15, -0.1) is 0 Å². The first-order valence-corrected chi connectivity index (χ1v) is 12.3. The van der Waals surface area contributed by atoms with Crippen molar-refractivity contribution in [1.82, 2.24) is 14.6 Å². The highest BCUT2D eigenvalue weighted by Gasteiger charge is 2.26. The third-order valence-corrected chi connectivity index (χ3v) is 6.68. The molecule has 1 aliphatic heterocycles. The SMILES string of the molecule is O=C(NS(=O)(=O)O)C1CCN(CCc2ccc(Oc3nc4ccccc4s3)cc2)CC1. The van der Waals surface area contributed by atoms with E-state index < -0.39 is 22.1 Å². The standard InChI is InChI=1S/C21H23N3O5S2/c25-20(23-31(26,27)28)16-10-13-24(14-11-16)12-9-15-5-7-17(8-6-15)29-21-22-18-3-1-2-4-19(18)30-21/h1-8,16H,9-14H2,(H,23,25)(H,26,27,28). The van der Waals surface area contributed by atoms with Crippen LogP contribution in [0.5, 0.6) is 10.9 Å². The third-order valence-electron chi connectivity index (χ3n) is 5.31. The first-order valence-electron chi connectivity index (χ1n) is 9.99. The second kappa shape index (κ2) is 9.31. The van der Waals surface area contributed by atoms with Gasteiger partial charge in [-0.3, -0.25) is 9.35 Å². The van der Waals surface area contributed by atoms with Crippen LogP contribution in [0, 0.1) is 5.92 Å². The predicted octanol–water partition coefficient (Wildman–Crippen LogP) is 3.26. The number of rotatable bonds is 7. The van der Waals surface area contributed by atoms with Gasteiger partial charge in [-0.25, -0.2) is 9.71 Å². The highest BCUT2D eigenvalue weighted by atomic mass is 32.2. The molecule has 0 saturated carbocycles. The van der Waals surface area contributed by atoms with E-state index in [1.54, 1.807) is 4.72 Å². The minimum absolute atomic E-state index is 0.392. The van der Waals surface area contributed by atoms with E-state index in [0.717, 1.165) is 28.9 Å². The van der Waals surface area contributed by atoms with Gasteiger partial charge in [-0.1, -0.05) is 35.6 Å². The zero-order valence-electron chi connectivity index (χ0n) is 16.7. The molecule has 1 aromatic heterocycles. The average Bonchev–Trinajstić information content (AvgIpc) is 3.15. The van der Waals surface area contributed by atoms with Crippen molar-refractivity contribution in [2.24, 2.45) is 5.92 Å². The highest BCUT2D eigenvalue weighted by molar-refractivity contribution is 7.84. The molecule has 1 amide bonds. The number of piperidine rings is 1. The monoisotopic (exact) mass is 461 g/mol. The molecule has 1 fully saturated rings. The number of hydrogen-bond donors (Lipinski definition) is 2. The number of carbonyl (C=O) groups excluding carboxylic acids is 1. The van der Waals surface area contributed by atoms with Gasteiger partial charge in [0.05, 0.1) is 10.2 Å². The van der Waals surface area contributed by atoms with E-state index in [-0.39, 0.29) is 0 Å². The van der Waals surface area contributed by atoms with Gasteiger partial charge in [-0.2, -0.15) is 8.42 Å². The Hall–Kier alpha value is -2.53. The topological polar surface area (TPSA) is 109 Å². The molecule has 2 aromatic carbocycles. The van der Waals surface area contributed by atoms with E-state index in [1.165, 1.54) is 16.9 Å². The fourth-order valence-corrected chi connectivity index (χ4v) is 4.89. The van der Waals surface area contributed by atoms with Crippen LogP contribution in [0.4, 0.5) is 0 Å². The Bertz CT molecular complexity index is 1120. The molecule has 2 heterocycles. The number of hydrogen-bond acceptors (Lipinski definition) is 7. The summed E-state index contributed by atoms with van der Waals surface area (Å²) in [5.74, 6) is -0.281. The van der Waals surface area contributed by atoms with Crippen molar-refractivity contribution < 1.29 is 22.5 Å². The lowest BCUT2D eigenvalue weighted by molar-refractivity contribution is -0.124. The fraction of sp³-hybridized carbons (Fsp3) is 0.333. The first kappa shape index (κ1) is 21.7. The Balaban J connectivity index is 1.24. The van der Waals surface area contributed by atoms with Gasteiger partial charge in [0.1, 0.15) is 5.75 Å². The molecule has 8 nitrogen and oxygen atoms in total. The van der Waals surface area contributed by atoms with Crippen LogP contribution in [0.15, 0.2) is 48.5 Å². The molecule has 0 unspecified atom stereocenters. The van der Waals surface area contributed by atoms with E-state index in [9.17, 15) is 13.2 Å². The number of aromatic nitrogens is 1. The molecule has 1 saturated heterocycles. The van der Waals surface area contributed by atoms with Crippen LogP contribution in [0.1, 0.15) is 18.4 Å². The van der Waals surface area contributed by atoms with Crippen molar-refractivity contribution in [2.45, 2.75) is 19.3 Å². The van der Waals surface area contributed by atoms with Crippen molar-refractivity contribution in [3.8, 4) is 10.9 Å². The molecule has 164 valence electrons. The largest absolute Gasteiger partial charge is 0.431 e. The number of benzene rings is 2. The van der Waals surface area contributed by atoms with Crippen LogP contribution in [-0.4, -0.2) is 48.4 Å². The van der Waals surface area contributed by atoms with Crippen LogP contribution >= 0.6 is 11.3 Å².